The van der Waals surface area contributed by atoms with Gasteiger partial charge in [-0.05, 0) is 48.9 Å². The van der Waals surface area contributed by atoms with Gasteiger partial charge in [-0.15, -0.1) is 0 Å². The number of nitrogens with zero attached hydrogens (tertiary/aromatic N) is 2. The van der Waals surface area contributed by atoms with Crippen LogP contribution in [0, 0.1) is 0 Å². The number of rotatable bonds is 4. The number of pyridine rings is 2. The van der Waals surface area contributed by atoms with Gasteiger partial charge in [0.2, 0.25) is 0 Å². The summed E-state index contributed by atoms with van der Waals surface area (Å²) >= 11 is 12.6. The Kier molecular flexibility index (Phi) is 3.07. The van der Waals surface area contributed by atoms with Crippen LogP contribution in [0.5, 0.6) is 0 Å². The second-order valence-corrected chi connectivity index (χ2v) is 7.02. The number of carbonyl (C=O) groups is 1. The Morgan fingerprint density at radius 3 is 1.59 bits per heavy atom. The molecule has 0 amide bonds. The van der Waals surface area contributed by atoms with Crippen LogP contribution >= 0.6 is 23.2 Å². The second-order valence-electron chi connectivity index (χ2n) is 6.20. The molecule has 0 bridgehead atoms. The van der Waals surface area contributed by atoms with Crippen LogP contribution in [-0.4, -0.2) is 15.8 Å². The Bertz CT molecular complexity index is 703. The van der Waals surface area contributed by atoms with Gasteiger partial charge >= 0.3 is 0 Å². The predicted molar refractivity (Wildman–Crippen MR) is 85.3 cm³/mol. The molecule has 0 aromatic carbocycles. The summed E-state index contributed by atoms with van der Waals surface area (Å²) in [6.07, 6.45) is 10.0. The van der Waals surface area contributed by atoms with Crippen LogP contribution in [0.3, 0.4) is 0 Å². The zero-order chi connectivity index (χ0) is 15.4. The quantitative estimate of drug-likeness (QED) is 0.845. The van der Waals surface area contributed by atoms with Crippen molar-refractivity contribution in [3.8, 4) is 0 Å². The summed E-state index contributed by atoms with van der Waals surface area (Å²) < 4.78 is 0. The van der Waals surface area contributed by atoms with E-state index in [4.69, 9.17) is 23.2 Å². The highest BCUT2D eigenvalue weighted by molar-refractivity contribution is 6.32. The van der Waals surface area contributed by atoms with Gasteiger partial charge in [-0.25, -0.2) is 0 Å². The molecule has 2 aromatic rings. The van der Waals surface area contributed by atoms with Crippen molar-refractivity contribution in [2.45, 2.75) is 36.5 Å². The number of Topliss-reactive ketones (excluding diaryl/α,β-unsaturated/α-hetero) is 1. The van der Waals surface area contributed by atoms with Crippen LogP contribution in [-0.2, 0) is 15.6 Å². The average molecular weight is 333 g/mol. The fraction of sp³-hybridized carbons (Fsp3) is 0.353. The van der Waals surface area contributed by atoms with E-state index >= 15 is 0 Å². The highest BCUT2D eigenvalue weighted by Crippen LogP contribution is 2.61. The van der Waals surface area contributed by atoms with Gasteiger partial charge in [0.15, 0.2) is 5.78 Å². The molecule has 0 spiro atoms. The average Bonchev–Trinajstić information content (AvgIpc) is 3.42. The van der Waals surface area contributed by atoms with Crippen LogP contribution in [0.25, 0.3) is 0 Å². The summed E-state index contributed by atoms with van der Waals surface area (Å²) in [6.45, 7) is 0. The van der Waals surface area contributed by atoms with Crippen LogP contribution in [0.2, 0.25) is 10.0 Å². The van der Waals surface area contributed by atoms with E-state index < -0.39 is 10.8 Å². The largest absolute Gasteiger partial charge is 0.298 e. The normalized spacial score (nSPS) is 20.5. The summed E-state index contributed by atoms with van der Waals surface area (Å²) in [5.74, 6) is 0.251. The van der Waals surface area contributed by atoms with Gasteiger partial charge in [-0.1, -0.05) is 23.2 Å². The van der Waals surface area contributed by atoms with Crippen LogP contribution < -0.4 is 0 Å². The van der Waals surface area contributed by atoms with Crippen LogP contribution in [0.15, 0.2) is 36.9 Å². The van der Waals surface area contributed by atoms with E-state index in [0.717, 1.165) is 36.8 Å². The molecule has 0 aliphatic heterocycles. The molecular formula is C17H14Cl2N2O. The lowest BCUT2D eigenvalue weighted by Gasteiger charge is -2.23. The highest BCUT2D eigenvalue weighted by atomic mass is 35.5. The minimum atomic E-state index is -0.455. The maximum atomic E-state index is 13.4. The maximum Gasteiger partial charge on any atom is 0.153 e. The molecule has 3 nitrogen and oxygen atoms in total. The molecule has 4 rings (SSSR count). The maximum absolute atomic E-state index is 13.4. The third-order valence-electron chi connectivity index (χ3n) is 4.95. The van der Waals surface area contributed by atoms with E-state index in [1.807, 2.05) is 12.1 Å². The number of hydrogen-bond donors (Lipinski definition) is 0. The number of ketones is 1. The molecule has 2 aromatic heterocycles. The molecular weight excluding hydrogens is 319 g/mol. The topological polar surface area (TPSA) is 42.9 Å². The fourth-order valence-corrected chi connectivity index (χ4v) is 4.07. The second kappa shape index (κ2) is 4.77. The van der Waals surface area contributed by atoms with E-state index in [-0.39, 0.29) is 5.78 Å². The molecule has 2 aliphatic carbocycles. The third-order valence-corrected chi connectivity index (χ3v) is 5.55. The Hall–Kier alpha value is -1.45. The Labute approximate surface area is 138 Å². The van der Waals surface area contributed by atoms with Crippen molar-refractivity contribution in [3.63, 3.8) is 0 Å². The molecule has 112 valence electrons. The molecule has 2 fully saturated rings. The summed E-state index contributed by atoms with van der Waals surface area (Å²) in [7, 11) is 0. The molecule has 2 heterocycles. The summed E-state index contributed by atoms with van der Waals surface area (Å²) in [5, 5.41) is 1.15. The Morgan fingerprint density at radius 1 is 0.864 bits per heavy atom. The Balaban J connectivity index is 1.77. The van der Waals surface area contributed by atoms with Crippen molar-refractivity contribution in [1.29, 1.82) is 0 Å². The minimum Gasteiger partial charge on any atom is -0.298 e. The van der Waals surface area contributed by atoms with Crippen LogP contribution in [0.1, 0.15) is 36.8 Å². The minimum absolute atomic E-state index is 0.251. The number of hydrogen-bond acceptors (Lipinski definition) is 3. The van der Waals surface area contributed by atoms with E-state index in [2.05, 4.69) is 9.97 Å². The zero-order valence-electron chi connectivity index (χ0n) is 11.9. The molecule has 0 N–H and O–H groups in total. The predicted octanol–water partition coefficient (Wildman–Crippen LogP) is 4.12. The van der Waals surface area contributed by atoms with Gasteiger partial charge in [0.1, 0.15) is 0 Å². The molecule has 22 heavy (non-hydrogen) atoms. The number of aromatic nitrogens is 2. The standard InChI is InChI=1S/C17H14Cl2N2O/c18-13-9-20-7-1-11(13)16(3-4-16)15(22)17(5-6-17)12-2-8-21-10-14(12)19/h1-2,7-10H,3-6H2. The first-order valence-electron chi connectivity index (χ1n) is 7.35. The molecule has 0 radical (unpaired) electrons. The SMILES string of the molecule is O=C(C1(c2ccncc2Cl)CC1)C1(c2ccncc2Cl)CC1. The van der Waals surface area contributed by atoms with E-state index in [1.54, 1.807) is 24.8 Å². The van der Waals surface area contributed by atoms with Gasteiger partial charge in [0.05, 0.1) is 20.9 Å². The fourth-order valence-electron chi connectivity index (χ4n) is 3.47. The number of carbonyl (C=O) groups excluding carboxylic acids is 1. The first kappa shape index (κ1) is 14.2. The Morgan fingerprint density at radius 2 is 1.27 bits per heavy atom. The van der Waals surface area contributed by atoms with Gasteiger partial charge in [-0.2, -0.15) is 0 Å². The van der Waals surface area contributed by atoms with E-state index in [9.17, 15) is 4.79 Å². The summed E-state index contributed by atoms with van der Waals surface area (Å²) in [4.78, 5) is 21.4. The van der Waals surface area contributed by atoms with Crippen molar-refractivity contribution in [2.24, 2.45) is 0 Å². The van der Waals surface area contributed by atoms with E-state index in [0.29, 0.717) is 10.0 Å². The zero-order valence-corrected chi connectivity index (χ0v) is 13.4. The highest BCUT2D eigenvalue weighted by Gasteiger charge is 2.64. The van der Waals surface area contributed by atoms with Crippen molar-refractivity contribution in [1.82, 2.24) is 9.97 Å². The lowest BCUT2D eigenvalue weighted by atomic mass is 9.79. The first-order chi connectivity index (χ1) is 10.6. The third kappa shape index (κ3) is 1.92. The molecule has 0 saturated heterocycles. The van der Waals surface area contributed by atoms with Gasteiger partial charge in [0, 0.05) is 24.8 Å². The summed E-state index contributed by atoms with van der Waals surface area (Å²) in [6, 6.07) is 3.74. The summed E-state index contributed by atoms with van der Waals surface area (Å²) in [5.41, 5.74) is 0.905. The molecule has 5 heteroatoms. The van der Waals surface area contributed by atoms with Gasteiger partial charge < -0.3 is 0 Å². The monoisotopic (exact) mass is 332 g/mol. The lowest BCUT2D eigenvalue weighted by molar-refractivity contribution is -0.124. The van der Waals surface area contributed by atoms with Crippen molar-refractivity contribution in [3.05, 3.63) is 58.1 Å². The van der Waals surface area contributed by atoms with Gasteiger partial charge in [0.25, 0.3) is 0 Å². The lowest BCUT2D eigenvalue weighted by Crippen LogP contribution is -2.33. The van der Waals surface area contributed by atoms with Gasteiger partial charge in [-0.3, -0.25) is 14.8 Å². The smallest absolute Gasteiger partial charge is 0.153 e. The molecule has 2 aliphatic rings. The van der Waals surface area contributed by atoms with Crippen molar-refractivity contribution in [2.75, 3.05) is 0 Å². The first-order valence-corrected chi connectivity index (χ1v) is 8.11. The van der Waals surface area contributed by atoms with Crippen molar-refractivity contribution < 1.29 is 4.79 Å². The van der Waals surface area contributed by atoms with E-state index in [1.165, 1.54) is 0 Å². The van der Waals surface area contributed by atoms with Crippen molar-refractivity contribution >= 4 is 29.0 Å². The molecule has 2 saturated carbocycles. The van der Waals surface area contributed by atoms with Crippen LogP contribution in [0.4, 0.5) is 0 Å². The number of halogens is 2. The molecule has 0 atom stereocenters. The molecule has 0 unspecified atom stereocenters.